The molecule has 1 N–H and O–H groups in total. The first-order valence-corrected chi connectivity index (χ1v) is 11.6. The molecule has 4 fully saturated rings. The third kappa shape index (κ3) is 2.89. The Kier molecular flexibility index (Phi) is 4.69. The molecule has 4 nitrogen and oxygen atoms in total. The molecule has 0 amide bonds. The molecule has 4 aliphatic carbocycles. The summed E-state index contributed by atoms with van der Waals surface area (Å²) >= 11 is 0. The third-order valence-electron chi connectivity index (χ3n) is 9.20. The molecule has 4 heteroatoms. The van der Waals surface area contributed by atoms with Crippen molar-refractivity contribution in [2.24, 2.45) is 40.9 Å². The molecule has 0 bridgehead atoms. The van der Waals surface area contributed by atoms with Crippen molar-refractivity contribution in [1.29, 1.82) is 0 Å². The predicted octanol–water partition coefficient (Wildman–Crippen LogP) is 4.06. The van der Waals surface area contributed by atoms with Crippen LogP contribution in [0.25, 0.3) is 0 Å². The second-order valence-corrected chi connectivity index (χ2v) is 10.3. The molecule has 1 saturated heterocycles. The van der Waals surface area contributed by atoms with Crippen molar-refractivity contribution in [3.05, 3.63) is 11.6 Å². The van der Waals surface area contributed by atoms with Crippen molar-refractivity contribution < 1.29 is 19.4 Å². The Hall–Kier alpha value is -1.16. The molecule has 154 valence electrons. The van der Waals surface area contributed by atoms with E-state index in [0.29, 0.717) is 47.8 Å². The molecule has 5 unspecified atom stereocenters. The number of carbonyl (C=O) groups is 2. The van der Waals surface area contributed by atoms with E-state index in [-0.39, 0.29) is 30.4 Å². The maximum Gasteiger partial charge on any atom is 0.306 e. The van der Waals surface area contributed by atoms with Gasteiger partial charge in [0.15, 0.2) is 5.78 Å². The minimum atomic E-state index is 0.00170. The minimum Gasteiger partial charge on any atom is -0.462 e. The van der Waals surface area contributed by atoms with Gasteiger partial charge in [0.2, 0.25) is 0 Å². The molecule has 3 saturated carbocycles. The van der Waals surface area contributed by atoms with Gasteiger partial charge >= 0.3 is 5.97 Å². The minimum absolute atomic E-state index is 0.00170. The Balaban J connectivity index is 1.51. The maximum atomic E-state index is 12.1. The maximum absolute atomic E-state index is 12.1. The Morgan fingerprint density at radius 2 is 1.96 bits per heavy atom. The van der Waals surface area contributed by atoms with E-state index in [1.165, 1.54) is 24.8 Å². The predicted molar refractivity (Wildman–Crippen MR) is 105 cm³/mol. The van der Waals surface area contributed by atoms with Crippen LogP contribution in [-0.2, 0) is 14.3 Å². The summed E-state index contributed by atoms with van der Waals surface area (Å²) in [6.07, 6.45) is 12.1. The molecular formula is C24H34O4. The van der Waals surface area contributed by atoms with Gasteiger partial charge in [0.1, 0.15) is 6.10 Å². The number of ketones is 1. The number of allylic oxidation sites excluding steroid dienone is 1. The Morgan fingerprint density at radius 1 is 1.11 bits per heavy atom. The summed E-state index contributed by atoms with van der Waals surface area (Å²) in [4.78, 5) is 24.2. The van der Waals surface area contributed by atoms with Gasteiger partial charge < -0.3 is 9.84 Å². The SMILES string of the molecule is CCC12CCCC(=O)O[C@@H]3C[C@@H]3C1C1C[C@@H](CO)C3=CC(=O)CCC3C1CC2. The molecule has 8 atom stereocenters. The van der Waals surface area contributed by atoms with Gasteiger partial charge in [-0.25, -0.2) is 0 Å². The lowest BCUT2D eigenvalue weighted by Gasteiger charge is -2.57. The fourth-order valence-corrected chi connectivity index (χ4v) is 7.90. The van der Waals surface area contributed by atoms with E-state index in [1.54, 1.807) is 0 Å². The topological polar surface area (TPSA) is 63.6 Å². The van der Waals surface area contributed by atoms with E-state index in [2.05, 4.69) is 6.92 Å². The lowest BCUT2D eigenvalue weighted by Crippen LogP contribution is -2.51. The molecule has 5 aliphatic rings. The number of fused-ring (bicyclic) bond motifs is 7. The molecule has 1 aliphatic heterocycles. The average molecular weight is 387 g/mol. The highest BCUT2D eigenvalue weighted by Gasteiger charge is 2.61. The molecule has 28 heavy (non-hydrogen) atoms. The highest BCUT2D eigenvalue weighted by molar-refractivity contribution is 5.91. The van der Waals surface area contributed by atoms with E-state index >= 15 is 0 Å². The summed E-state index contributed by atoms with van der Waals surface area (Å²) in [5.74, 6) is 3.26. The zero-order chi connectivity index (χ0) is 19.5. The van der Waals surface area contributed by atoms with Gasteiger partial charge in [-0.15, -0.1) is 0 Å². The number of hydrogen-bond acceptors (Lipinski definition) is 4. The van der Waals surface area contributed by atoms with Crippen molar-refractivity contribution in [3.63, 3.8) is 0 Å². The van der Waals surface area contributed by atoms with Gasteiger partial charge in [0.25, 0.3) is 0 Å². The summed E-state index contributed by atoms with van der Waals surface area (Å²) in [5.41, 5.74) is 1.59. The van der Waals surface area contributed by atoms with Crippen molar-refractivity contribution in [1.82, 2.24) is 0 Å². The van der Waals surface area contributed by atoms with Crippen LogP contribution in [0.1, 0.15) is 71.1 Å². The smallest absolute Gasteiger partial charge is 0.306 e. The number of hydrogen-bond donors (Lipinski definition) is 1. The van der Waals surface area contributed by atoms with E-state index in [1.807, 2.05) is 6.08 Å². The normalized spacial score (nSPS) is 47.8. The Bertz CT molecular complexity index is 697. The molecule has 1 heterocycles. The van der Waals surface area contributed by atoms with Crippen molar-refractivity contribution in [2.75, 3.05) is 6.61 Å². The van der Waals surface area contributed by atoms with Gasteiger partial charge in [-0.3, -0.25) is 9.59 Å². The standard InChI is InChI=1S/C24H34O4/c1-2-24-8-3-4-22(27)28-21-12-20(21)23(24)19-10-14(13-25)18-11-15(26)5-6-16(18)17(19)7-9-24/h11,14,16-17,19-21,23,25H,2-10,12-13H2,1H3/t14-,16?,17?,19?,20-,21+,23?,24?/m0/s1. The summed E-state index contributed by atoms with van der Waals surface area (Å²) in [6, 6.07) is 0. The zero-order valence-corrected chi connectivity index (χ0v) is 17.1. The first kappa shape index (κ1) is 18.8. The number of esters is 1. The zero-order valence-electron chi connectivity index (χ0n) is 17.1. The molecule has 0 aromatic heterocycles. The first-order valence-electron chi connectivity index (χ1n) is 11.6. The Labute approximate surface area is 168 Å². The summed E-state index contributed by atoms with van der Waals surface area (Å²) < 4.78 is 5.79. The van der Waals surface area contributed by atoms with Crippen molar-refractivity contribution >= 4 is 11.8 Å². The van der Waals surface area contributed by atoms with Crippen molar-refractivity contribution in [2.45, 2.75) is 77.2 Å². The van der Waals surface area contributed by atoms with Crippen LogP contribution in [0.5, 0.6) is 0 Å². The first-order chi connectivity index (χ1) is 13.6. The van der Waals surface area contributed by atoms with Crippen LogP contribution in [0.15, 0.2) is 11.6 Å². The van der Waals surface area contributed by atoms with E-state index in [0.717, 1.165) is 32.1 Å². The molecule has 0 aromatic carbocycles. The quantitative estimate of drug-likeness (QED) is 0.727. The summed E-state index contributed by atoms with van der Waals surface area (Å²) in [5, 5.41) is 10.2. The second kappa shape index (κ2) is 6.97. The molecule has 0 aromatic rings. The molecule has 5 rings (SSSR count). The van der Waals surface area contributed by atoms with Gasteiger partial charge in [-0.1, -0.05) is 18.9 Å². The lowest BCUT2D eigenvalue weighted by molar-refractivity contribution is -0.145. The number of aliphatic hydroxyl groups is 1. The highest BCUT2D eigenvalue weighted by atomic mass is 16.5. The fraction of sp³-hybridized carbons (Fsp3) is 0.833. The number of ether oxygens (including phenoxy) is 1. The highest BCUT2D eigenvalue weighted by Crippen LogP contribution is 2.65. The van der Waals surface area contributed by atoms with Crippen LogP contribution < -0.4 is 0 Å². The van der Waals surface area contributed by atoms with Crippen LogP contribution in [0, 0.1) is 40.9 Å². The van der Waals surface area contributed by atoms with Crippen molar-refractivity contribution in [3.8, 4) is 0 Å². The van der Waals surface area contributed by atoms with Crippen LogP contribution in [0.2, 0.25) is 0 Å². The third-order valence-corrected chi connectivity index (χ3v) is 9.20. The number of aliphatic hydroxyl groups excluding tert-OH is 1. The average Bonchev–Trinajstić information content (AvgIpc) is 3.43. The van der Waals surface area contributed by atoms with Gasteiger partial charge in [0, 0.05) is 31.3 Å². The summed E-state index contributed by atoms with van der Waals surface area (Å²) in [7, 11) is 0. The van der Waals surface area contributed by atoms with E-state index in [4.69, 9.17) is 4.74 Å². The fourth-order valence-electron chi connectivity index (χ4n) is 7.90. The van der Waals surface area contributed by atoms with E-state index in [9.17, 15) is 14.7 Å². The monoisotopic (exact) mass is 386 g/mol. The lowest BCUT2D eigenvalue weighted by atomic mass is 9.47. The van der Waals surface area contributed by atoms with Gasteiger partial charge in [0.05, 0.1) is 0 Å². The largest absolute Gasteiger partial charge is 0.462 e. The van der Waals surface area contributed by atoms with Crippen LogP contribution in [0.3, 0.4) is 0 Å². The number of rotatable bonds is 2. The van der Waals surface area contributed by atoms with Crippen LogP contribution in [0.4, 0.5) is 0 Å². The van der Waals surface area contributed by atoms with Crippen LogP contribution in [-0.4, -0.2) is 29.6 Å². The molecule has 0 radical (unpaired) electrons. The Morgan fingerprint density at radius 3 is 2.75 bits per heavy atom. The van der Waals surface area contributed by atoms with Gasteiger partial charge in [-0.2, -0.15) is 0 Å². The van der Waals surface area contributed by atoms with Gasteiger partial charge in [-0.05, 0) is 80.1 Å². The molecular weight excluding hydrogens is 352 g/mol. The second-order valence-electron chi connectivity index (χ2n) is 10.3. The van der Waals surface area contributed by atoms with Crippen LogP contribution >= 0.6 is 0 Å². The summed E-state index contributed by atoms with van der Waals surface area (Å²) in [6.45, 7) is 2.51. The van der Waals surface area contributed by atoms with E-state index < -0.39 is 0 Å². The molecule has 0 spiro atoms. The number of carbonyl (C=O) groups excluding carboxylic acids is 2.